The van der Waals surface area contributed by atoms with Gasteiger partial charge in [-0.25, -0.2) is 4.39 Å². The number of rotatable bonds is 3. The van der Waals surface area contributed by atoms with Crippen molar-refractivity contribution in [2.45, 2.75) is 68.7 Å². The fourth-order valence-electron chi connectivity index (χ4n) is 8.00. The number of benzene rings is 2. The van der Waals surface area contributed by atoms with Crippen LogP contribution in [0.1, 0.15) is 67.6 Å². The van der Waals surface area contributed by atoms with E-state index in [2.05, 4.69) is 40.5 Å². The second-order valence-corrected chi connectivity index (χ2v) is 12.2. The van der Waals surface area contributed by atoms with E-state index in [9.17, 15) is 9.18 Å². The van der Waals surface area contributed by atoms with E-state index in [-0.39, 0.29) is 36.1 Å². The molecule has 0 aromatic heterocycles. The lowest BCUT2D eigenvalue weighted by Crippen LogP contribution is -3.00. The SMILES string of the molecule is O=C([C@@H]1C[NH2+]CC12COCCc1cc(F)cc(Cl)c12)N1CC[C@@H](c2ccccc2)C[C@H]1C1CCCCC1.[Cl-]. The standard InChI is InChI=1S/C31H38ClFN2O2.ClH/c32-27-17-25(33)15-24-12-14-37-20-31(29(24)27)19-34-18-26(31)30(36)35-13-11-23(21-7-3-1-4-8-21)16-28(35)22-9-5-2-6-10-22;/h1,3-4,7-8,15,17,22-23,26,28,34H,2,5-6,9-14,16,18-20H2;1H/t23-,26+,28+,31?;/m1./s1. The third-order valence-corrected chi connectivity index (χ3v) is 10.1. The first-order valence-corrected chi connectivity index (χ1v) is 14.7. The molecule has 2 aromatic rings. The molecule has 3 fully saturated rings. The molecule has 1 amide bonds. The summed E-state index contributed by atoms with van der Waals surface area (Å²) < 4.78 is 20.5. The second kappa shape index (κ2) is 11.8. The average Bonchev–Trinajstić information content (AvgIpc) is 3.25. The maximum Gasteiger partial charge on any atom is 0.232 e. The zero-order valence-corrected chi connectivity index (χ0v) is 23.5. The van der Waals surface area contributed by atoms with Crippen LogP contribution >= 0.6 is 11.6 Å². The number of carbonyl (C=O) groups is 1. The van der Waals surface area contributed by atoms with Crippen LogP contribution in [0.2, 0.25) is 5.02 Å². The smallest absolute Gasteiger partial charge is 0.232 e. The minimum Gasteiger partial charge on any atom is -1.00 e. The summed E-state index contributed by atoms with van der Waals surface area (Å²) in [5.74, 6) is 0.798. The number of quaternary nitrogens is 1. The van der Waals surface area contributed by atoms with Crippen LogP contribution in [0.5, 0.6) is 0 Å². The van der Waals surface area contributed by atoms with Crippen molar-refractivity contribution in [2.75, 3.05) is 32.8 Å². The molecule has 0 radical (unpaired) electrons. The number of hydrogen-bond donors (Lipinski definition) is 1. The highest BCUT2D eigenvalue weighted by atomic mass is 35.5. The van der Waals surface area contributed by atoms with Crippen molar-refractivity contribution < 1.29 is 31.6 Å². The van der Waals surface area contributed by atoms with Crippen LogP contribution in [0, 0.1) is 17.7 Å². The predicted molar refractivity (Wildman–Crippen MR) is 143 cm³/mol. The molecule has 4 atom stereocenters. The summed E-state index contributed by atoms with van der Waals surface area (Å²) in [7, 11) is 0. The van der Waals surface area contributed by atoms with E-state index in [0.717, 1.165) is 43.6 Å². The Balaban J connectivity index is 0.00000294. The molecule has 206 valence electrons. The van der Waals surface area contributed by atoms with Gasteiger partial charge in [0.2, 0.25) is 5.91 Å². The number of carbonyl (C=O) groups excluding carboxylic acids is 1. The summed E-state index contributed by atoms with van der Waals surface area (Å²) in [4.78, 5) is 16.9. The third-order valence-electron chi connectivity index (χ3n) is 9.78. The first kappa shape index (κ1) is 27.9. The molecule has 2 N–H and O–H groups in total. The van der Waals surface area contributed by atoms with Crippen molar-refractivity contribution in [3.05, 3.63) is 70.0 Å². The summed E-state index contributed by atoms with van der Waals surface area (Å²) >= 11 is 6.75. The molecule has 2 aromatic carbocycles. The maximum atomic E-state index is 14.6. The van der Waals surface area contributed by atoms with Crippen molar-refractivity contribution in [3.63, 3.8) is 0 Å². The summed E-state index contributed by atoms with van der Waals surface area (Å²) in [6.45, 7) is 3.27. The van der Waals surface area contributed by atoms with Crippen LogP contribution in [0.3, 0.4) is 0 Å². The topological polar surface area (TPSA) is 46.1 Å². The molecule has 1 unspecified atom stereocenters. The molecule has 2 saturated heterocycles. The molecule has 38 heavy (non-hydrogen) atoms. The average molecular weight is 562 g/mol. The van der Waals surface area contributed by atoms with Gasteiger partial charge in [0.1, 0.15) is 11.7 Å². The van der Waals surface area contributed by atoms with E-state index >= 15 is 0 Å². The van der Waals surface area contributed by atoms with Crippen molar-refractivity contribution in [2.24, 2.45) is 11.8 Å². The van der Waals surface area contributed by atoms with Gasteiger partial charge in [-0.3, -0.25) is 4.79 Å². The van der Waals surface area contributed by atoms with Gasteiger partial charge in [0.05, 0.1) is 31.7 Å². The Morgan fingerprint density at radius 1 is 1.11 bits per heavy atom. The predicted octanol–water partition coefficient (Wildman–Crippen LogP) is 1.84. The van der Waals surface area contributed by atoms with Crippen LogP contribution in [0.25, 0.3) is 0 Å². The molecular weight excluding hydrogens is 522 g/mol. The summed E-state index contributed by atoms with van der Waals surface area (Å²) in [6.07, 6.45) is 8.95. The first-order valence-electron chi connectivity index (χ1n) is 14.3. The molecule has 4 nitrogen and oxygen atoms in total. The third kappa shape index (κ3) is 5.12. The molecule has 4 aliphatic rings. The Morgan fingerprint density at radius 3 is 2.68 bits per heavy atom. The highest BCUT2D eigenvalue weighted by Gasteiger charge is 2.56. The van der Waals surface area contributed by atoms with Gasteiger partial charge in [-0.2, -0.15) is 0 Å². The maximum absolute atomic E-state index is 14.6. The Kier molecular flexibility index (Phi) is 8.69. The highest BCUT2D eigenvalue weighted by Crippen LogP contribution is 2.45. The van der Waals surface area contributed by atoms with Gasteiger partial charge in [0.15, 0.2) is 0 Å². The Morgan fingerprint density at radius 2 is 1.89 bits per heavy atom. The molecule has 1 spiro atoms. The summed E-state index contributed by atoms with van der Waals surface area (Å²) in [5, 5.41) is 2.69. The van der Waals surface area contributed by atoms with Crippen LogP contribution in [0.4, 0.5) is 4.39 Å². The molecule has 3 heterocycles. The Labute approximate surface area is 237 Å². The zero-order valence-electron chi connectivity index (χ0n) is 22.0. The van der Waals surface area contributed by atoms with E-state index in [0.29, 0.717) is 36.5 Å². The zero-order chi connectivity index (χ0) is 25.4. The number of ether oxygens (including phenoxy) is 1. The molecular formula is C31H39Cl2FN2O2. The fourth-order valence-corrected chi connectivity index (χ4v) is 8.42. The molecule has 1 saturated carbocycles. The quantitative estimate of drug-likeness (QED) is 0.622. The van der Waals surface area contributed by atoms with Crippen molar-refractivity contribution in [3.8, 4) is 0 Å². The van der Waals surface area contributed by atoms with Crippen LogP contribution in [-0.4, -0.2) is 49.7 Å². The van der Waals surface area contributed by atoms with Gasteiger partial charge < -0.3 is 27.4 Å². The lowest BCUT2D eigenvalue weighted by molar-refractivity contribution is -0.640. The number of amides is 1. The fraction of sp³-hybridized carbons (Fsp3) is 0.581. The summed E-state index contributed by atoms with van der Waals surface area (Å²) in [5.41, 5.74) is 2.75. The normalized spacial score (nSPS) is 29.9. The lowest BCUT2D eigenvalue weighted by atomic mass is 9.69. The minimum atomic E-state index is -0.513. The summed E-state index contributed by atoms with van der Waals surface area (Å²) in [6, 6.07) is 14.2. The van der Waals surface area contributed by atoms with Crippen molar-refractivity contribution in [1.82, 2.24) is 4.90 Å². The second-order valence-electron chi connectivity index (χ2n) is 11.8. The van der Waals surface area contributed by atoms with E-state index < -0.39 is 5.41 Å². The number of hydrogen-bond acceptors (Lipinski definition) is 2. The van der Waals surface area contributed by atoms with Crippen LogP contribution in [-0.2, 0) is 21.4 Å². The van der Waals surface area contributed by atoms with Crippen molar-refractivity contribution in [1.29, 1.82) is 0 Å². The van der Waals surface area contributed by atoms with Crippen LogP contribution in [0.15, 0.2) is 42.5 Å². The molecule has 6 rings (SSSR count). The van der Waals surface area contributed by atoms with E-state index in [1.807, 2.05) is 0 Å². The molecule has 3 aliphatic heterocycles. The number of likely N-dealkylation sites (tertiary alicyclic amines) is 1. The number of fused-ring (bicyclic) bond motifs is 2. The number of piperidine rings is 1. The number of nitrogens with zero attached hydrogens (tertiary/aromatic N) is 1. The lowest BCUT2D eigenvalue weighted by Gasteiger charge is -2.46. The highest BCUT2D eigenvalue weighted by molar-refractivity contribution is 6.31. The van der Waals surface area contributed by atoms with Gasteiger partial charge in [-0.1, -0.05) is 61.2 Å². The molecule has 0 bridgehead atoms. The van der Waals surface area contributed by atoms with E-state index in [4.69, 9.17) is 16.3 Å². The number of nitrogens with two attached hydrogens (primary N) is 1. The Bertz CT molecular complexity index is 1130. The van der Waals surface area contributed by atoms with Gasteiger partial charge in [-0.05, 0) is 72.8 Å². The molecule has 7 heteroatoms. The van der Waals surface area contributed by atoms with Gasteiger partial charge in [-0.15, -0.1) is 0 Å². The molecule has 1 aliphatic carbocycles. The monoisotopic (exact) mass is 560 g/mol. The van der Waals surface area contributed by atoms with E-state index in [1.54, 1.807) is 6.07 Å². The van der Waals surface area contributed by atoms with Crippen LogP contribution < -0.4 is 17.7 Å². The minimum absolute atomic E-state index is 0. The van der Waals surface area contributed by atoms with Gasteiger partial charge in [0, 0.05) is 17.6 Å². The van der Waals surface area contributed by atoms with Gasteiger partial charge in [0.25, 0.3) is 0 Å². The first-order chi connectivity index (χ1) is 18.1. The van der Waals surface area contributed by atoms with E-state index in [1.165, 1.54) is 43.7 Å². The van der Waals surface area contributed by atoms with Gasteiger partial charge >= 0.3 is 0 Å². The Hall–Kier alpha value is -1.66. The number of halogens is 3. The van der Waals surface area contributed by atoms with Crippen molar-refractivity contribution >= 4 is 17.5 Å². The largest absolute Gasteiger partial charge is 1.00 e.